The Bertz CT molecular complexity index is 576. The molecule has 30 heavy (non-hydrogen) atoms. The van der Waals surface area contributed by atoms with Gasteiger partial charge in [0.1, 0.15) is 17.1 Å². The van der Waals surface area contributed by atoms with Crippen LogP contribution in [-0.4, -0.2) is 29.0 Å². The largest absolute Gasteiger partial charge is 0.465 e. The molecule has 170 valence electrons. The smallest absolute Gasteiger partial charge is 0.319 e. The van der Waals surface area contributed by atoms with Gasteiger partial charge in [0.15, 0.2) is 0 Å². The van der Waals surface area contributed by atoms with Crippen molar-refractivity contribution in [2.24, 2.45) is 0 Å². The van der Waals surface area contributed by atoms with Crippen LogP contribution in [0.15, 0.2) is 30.3 Å². The van der Waals surface area contributed by atoms with Gasteiger partial charge in [-0.15, -0.1) is 11.8 Å². The molecule has 1 aromatic rings. The van der Waals surface area contributed by atoms with Crippen LogP contribution in [0.25, 0.3) is 0 Å². The molecular formula is C25H40O4S. The van der Waals surface area contributed by atoms with Crippen molar-refractivity contribution in [3.05, 3.63) is 35.9 Å². The van der Waals surface area contributed by atoms with E-state index in [1.807, 2.05) is 30.3 Å². The molecule has 0 spiro atoms. The summed E-state index contributed by atoms with van der Waals surface area (Å²) in [7, 11) is 0. The Morgan fingerprint density at radius 3 is 1.83 bits per heavy atom. The summed E-state index contributed by atoms with van der Waals surface area (Å²) in [6, 6.07) is 9.58. The van der Waals surface area contributed by atoms with Gasteiger partial charge in [-0.2, -0.15) is 0 Å². The highest BCUT2D eigenvalue weighted by molar-refractivity contribution is 8.01. The summed E-state index contributed by atoms with van der Waals surface area (Å²) in [5.74, 6) is -0.558. The molecule has 4 nitrogen and oxygen atoms in total. The van der Waals surface area contributed by atoms with E-state index in [1.165, 1.54) is 63.1 Å². The summed E-state index contributed by atoms with van der Waals surface area (Å²) in [5, 5.41) is -0.791. The number of hydrogen-bond acceptors (Lipinski definition) is 5. The number of benzene rings is 1. The van der Waals surface area contributed by atoms with Crippen molar-refractivity contribution in [2.45, 2.75) is 102 Å². The van der Waals surface area contributed by atoms with E-state index in [9.17, 15) is 9.59 Å². The van der Waals surface area contributed by atoms with E-state index in [1.54, 1.807) is 13.8 Å². The predicted octanol–water partition coefficient (Wildman–Crippen LogP) is 6.70. The second-order valence-corrected chi connectivity index (χ2v) is 9.55. The summed E-state index contributed by atoms with van der Waals surface area (Å²) in [6.45, 7) is 6.51. The minimum atomic E-state index is -0.409. The lowest BCUT2D eigenvalue weighted by Crippen LogP contribution is -2.24. The first-order valence-electron chi connectivity index (χ1n) is 11.6. The Morgan fingerprint density at radius 1 is 0.767 bits per heavy atom. The zero-order valence-corrected chi connectivity index (χ0v) is 19.9. The van der Waals surface area contributed by atoms with E-state index in [0.29, 0.717) is 6.61 Å². The molecule has 0 fully saturated rings. The number of ether oxygens (including phenoxy) is 2. The average molecular weight is 437 g/mol. The number of carbonyl (C=O) groups is 2. The molecule has 0 bridgehead atoms. The number of rotatable bonds is 17. The molecule has 0 saturated heterocycles. The molecular weight excluding hydrogens is 396 g/mol. The van der Waals surface area contributed by atoms with Crippen molar-refractivity contribution >= 4 is 23.7 Å². The van der Waals surface area contributed by atoms with E-state index in [0.717, 1.165) is 18.4 Å². The van der Waals surface area contributed by atoms with Crippen molar-refractivity contribution in [1.29, 1.82) is 0 Å². The first-order valence-corrected chi connectivity index (χ1v) is 12.5. The Hall–Kier alpha value is -1.49. The number of thioether (sulfide) groups is 1. The summed E-state index contributed by atoms with van der Waals surface area (Å²) in [4.78, 5) is 24.3. The van der Waals surface area contributed by atoms with Gasteiger partial charge in [0, 0.05) is 0 Å². The molecule has 0 aromatic heterocycles. The molecule has 1 rings (SSSR count). The molecule has 0 aliphatic rings. The van der Waals surface area contributed by atoms with E-state index < -0.39 is 5.25 Å². The third-order valence-electron chi connectivity index (χ3n) is 5.04. The number of unbranched alkanes of at least 4 members (excludes halogenated alkanes) is 9. The Morgan fingerprint density at radius 2 is 1.27 bits per heavy atom. The maximum atomic E-state index is 12.1. The van der Waals surface area contributed by atoms with Crippen molar-refractivity contribution < 1.29 is 19.1 Å². The van der Waals surface area contributed by atoms with E-state index in [4.69, 9.17) is 9.47 Å². The first-order chi connectivity index (χ1) is 14.5. The van der Waals surface area contributed by atoms with Gasteiger partial charge >= 0.3 is 11.9 Å². The molecule has 0 aliphatic carbocycles. The summed E-state index contributed by atoms with van der Waals surface area (Å²) < 4.78 is 10.7. The van der Waals surface area contributed by atoms with E-state index >= 15 is 0 Å². The highest BCUT2D eigenvalue weighted by Gasteiger charge is 2.23. The van der Waals surface area contributed by atoms with Crippen LogP contribution >= 0.6 is 11.8 Å². The van der Waals surface area contributed by atoms with Crippen LogP contribution in [0.4, 0.5) is 0 Å². The molecule has 2 unspecified atom stereocenters. The molecule has 1 aromatic carbocycles. The number of esters is 2. The zero-order valence-electron chi connectivity index (χ0n) is 19.1. The standard InChI is InChI=1S/C25H40O4S/c1-4-5-6-7-8-9-10-11-12-16-19-28-24(26)21(2)30-22(3)25(27)29-20-23-17-14-13-15-18-23/h13-15,17-18,21-22H,4-12,16,19-20H2,1-3H3. The van der Waals surface area contributed by atoms with Crippen LogP contribution in [0.2, 0.25) is 0 Å². The Kier molecular flexibility index (Phi) is 15.2. The molecule has 0 N–H and O–H groups in total. The van der Waals surface area contributed by atoms with Gasteiger partial charge in [0.2, 0.25) is 0 Å². The molecule has 0 saturated carbocycles. The van der Waals surface area contributed by atoms with Crippen molar-refractivity contribution in [3.8, 4) is 0 Å². The fourth-order valence-electron chi connectivity index (χ4n) is 3.14. The molecule has 5 heteroatoms. The molecule has 0 heterocycles. The number of carbonyl (C=O) groups excluding carboxylic acids is 2. The van der Waals surface area contributed by atoms with Crippen LogP contribution in [0.5, 0.6) is 0 Å². The lowest BCUT2D eigenvalue weighted by atomic mass is 10.1. The highest BCUT2D eigenvalue weighted by atomic mass is 32.2. The lowest BCUT2D eigenvalue weighted by Gasteiger charge is -2.16. The predicted molar refractivity (Wildman–Crippen MR) is 126 cm³/mol. The fraction of sp³-hybridized carbons (Fsp3) is 0.680. The van der Waals surface area contributed by atoms with Gasteiger partial charge in [-0.25, -0.2) is 0 Å². The van der Waals surface area contributed by atoms with Crippen molar-refractivity contribution in [2.75, 3.05) is 6.61 Å². The van der Waals surface area contributed by atoms with Gasteiger partial charge in [0.25, 0.3) is 0 Å². The summed E-state index contributed by atoms with van der Waals surface area (Å²) >= 11 is 1.28. The van der Waals surface area contributed by atoms with E-state index in [2.05, 4.69) is 6.92 Å². The van der Waals surface area contributed by atoms with Gasteiger partial charge in [0.05, 0.1) is 6.61 Å². The third-order valence-corrected chi connectivity index (χ3v) is 6.24. The molecule has 2 atom stereocenters. The second kappa shape index (κ2) is 17.2. The average Bonchev–Trinajstić information content (AvgIpc) is 2.76. The highest BCUT2D eigenvalue weighted by Crippen LogP contribution is 2.20. The normalized spacial score (nSPS) is 12.9. The lowest BCUT2D eigenvalue weighted by molar-refractivity contribution is -0.143. The van der Waals surface area contributed by atoms with Crippen LogP contribution in [0.1, 0.15) is 90.5 Å². The van der Waals surface area contributed by atoms with Gasteiger partial charge in [-0.1, -0.05) is 95.0 Å². The Labute approximate surface area is 187 Å². The molecule has 0 radical (unpaired) electrons. The molecule has 0 aliphatic heterocycles. The van der Waals surface area contributed by atoms with Gasteiger partial charge in [-0.3, -0.25) is 9.59 Å². The summed E-state index contributed by atoms with van der Waals surface area (Å²) in [6.07, 6.45) is 12.5. The van der Waals surface area contributed by atoms with Crippen molar-refractivity contribution in [3.63, 3.8) is 0 Å². The topological polar surface area (TPSA) is 52.6 Å². The molecule has 0 amide bonds. The SMILES string of the molecule is CCCCCCCCCCCCOC(=O)C(C)SC(C)C(=O)OCc1ccccc1. The monoisotopic (exact) mass is 436 g/mol. The van der Waals surface area contributed by atoms with E-state index in [-0.39, 0.29) is 23.8 Å². The van der Waals surface area contributed by atoms with Crippen LogP contribution in [0, 0.1) is 0 Å². The van der Waals surface area contributed by atoms with Crippen LogP contribution < -0.4 is 0 Å². The second-order valence-electron chi connectivity index (χ2n) is 7.86. The van der Waals surface area contributed by atoms with Gasteiger partial charge < -0.3 is 9.47 Å². The third kappa shape index (κ3) is 12.9. The zero-order chi connectivity index (χ0) is 22.0. The summed E-state index contributed by atoms with van der Waals surface area (Å²) in [5.41, 5.74) is 0.951. The maximum absolute atomic E-state index is 12.1. The minimum Gasteiger partial charge on any atom is -0.465 e. The first kappa shape index (κ1) is 26.5. The van der Waals surface area contributed by atoms with Crippen LogP contribution in [0.3, 0.4) is 0 Å². The Balaban J connectivity index is 2.05. The van der Waals surface area contributed by atoms with Crippen molar-refractivity contribution in [1.82, 2.24) is 0 Å². The van der Waals surface area contributed by atoms with Crippen LogP contribution in [-0.2, 0) is 25.7 Å². The van der Waals surface area contributed by atoms with Gasteiger partial charge in [-0.05, 0) is 25.8 Å². The minimum absolute atomic E-state index is 0.251. The fourth-order valence-corrected chi connectivity index (χ4v) is 4.11. The maximum Gasteiger partial charge on any atom is 0.319 e. The number of hydrogen-bond donors (Lipinski definition) is 0. The quantitative estimate of drug-likeness (QED) is 0.201.